The first-order valence-electron chi connectivity index (χ1n) is 38.8. The first-order valence-corrected chi connectivity index (χ1v) is 38.8. The maximum Gasteiger partial charge on any atom is 0.340 e. The van der Waals surface area contributed by atoms with Gasteiger partial charge in [0.05, 0.1) is 22.3 Å². The molecule has 26 heteroatoms. The molecule has 8 aliphatic heterocycles. The van der Waals surface area contributed by atoms with Gasteiger partial charge in [0.2, 0.25) is 0 Å². The van der Waals surface area contributed by atoms with Crippen molar-refractivity contribution in [3.8, 4) is 92.0 Å². The van der Waals surface area contributed by atoms with Gasteiger partial charge in [-0.2, -0.15) is 0 Å². The van der Waals surface area contributed by atoms with Gasteiger partial charge in [0, 0.05) is 150 Å². The van der Waals surface area contributed by atoms with Gasteiger partial charge in [0.15, 0.2) is 22.4 Å². The van der Waals surface area contributed by atoms with E-state index in [0.29, 0.717) is 135 Å². The molecule has 20 rings (SSSR count). The van der Waals surface area contributed by atoms with E-state index in [2.05, 4.69) is 39.5 Å². The molecule has 2 unspecified atom stereocenters. The summed E-state index contributed by atoms with van der Waals surface area (Å²) < 4.78 is 80.0. The van der Waals surface area contributed by atoms with Gasteiger partial charge in [0.1, 0.15) is 92.0 Å². The monoisotopic (exact) mass is 1690 g/mol. The Kier molecular flexibility index (Phi) is 20.6. The highest BCUT2D eigenvalue weighted by atomic mass is 16.6. The number of phenols is 2. The number of carbonyl (C=O) groups is 10. The Labute approximate surface area is 721 Å². The summed E-state index contributed by atoms with van der Waals surface area (Å²) in [6, 6.07) is 66.8. The quantitative estimate of drug-likeness (QED) is 0.0496. The van der Waals surface area contributed by atoms with E-state index in [1.54, 1.807) is 178 Å². The third kappa shape index (κ3) is 14.0. The van der Waals surface area contributed by atoms with E-state index >= 15 is 0 Å². The molecule has 0 aliphatic carbocycles. The van der Waals surface area contributed by atoms with E-state index < -0.39 is 82.1 Å². The fourth-order valence-electron chi connectivity index (χ4n) is 16.0. The van der Waals surface area contributed by atoms with Crippen LogP contribution in [0, 0.1) is 0 Å². The van der Waals surface area contributed by atoms with Crippen LogP contribution in [0.15, 0.2) is 317 Å². The van der Waals surface area contributed by atoms with Gasteiger partial charge in [0.25, 0.3) is 0 Å². The van der Waals surface area contributed by atoms with E-state index in [1.165, 1.54) is 36.4 Å². The van der Waals surface area contributed by atoms with Crippen molar-refractivity contribution in [1.29, 1.82) is 0 Å². The van der Waals surface area contributed by atoms with Crippen LogP contribution in [-0.2, 0) is 70.1 Å². The first-order chi connectivity index (χ1) is 61.1. The van der Waals surface area contributed by atoms with E-state index in [0.717, 1.165) is 18.2 Å². The van der Waals surface area contributed by atoms with Crippen LogP contribution in [0.5, 0.6) is 92.0 Å². The number of aromatic hydroxyl groups is 2. The molecule has 2 N–H and O–H groups in total. The normalized spacial score (nSPS) is 15.9. The summed E-state index contributed by atoms with van der Waals surface area (Å²) in [7, 11) is 0. The van der Waals surface area contributed by atoms with Crippen molar-refractivity contribution < 1.29 is 124 Å². The Morgan fingerprint density at radius 1 is 0.268 bits per heavy atom. The van der Waals surface area contributed by atoms with Gasteiger partial charge >= 0.3 is 59.7 Å². The molecule has 12 aromatic carbocycles. The second-order valence-electron chi connectivity index (χ2n) is 29.6. The lowest BCUT2D eigenvalue weighted by atomic mass is 9.77. The molecule has 0 bridgehead atoms. The molecular formula is C101H66O26. The Balaban J connectivity index is 0.000000120. The van der Waals surface area contributed by atoms with E-state index in [-0.39, 0.29) is 62.7 Å². The third-order valence-corrected chi connectivity index (χ3v) is 21.5. The van der Waals surface area contributed by atoms with Gasteiger partial charge in [-0.05, 0) is 142 Å². The highest BCUT2D eigenvalue weighted by molar-refractivity contribution is 6.01. The summed E-state index contributed by atoms with van der Waals surface area (Å²) >= 11 is 0. The van der Waals surface area contributed by atoms with Crippen LogP contribution in [0.3, 0.4) is 0 Å². The van der Waals surface area contributed by atoms with Crippen LogP contribution >= 0.6 is 0 Å². The van der Waals surface area contributed by atoms with E-state index in [4.69, 9.17) is 66.3 Å². The smallest absolute Gasteiger partial charge is 0.340 e. The summed E-state index contributed by atoms with van der Waals surface area (Å²) in [5.41, 5.74) is 4.73. The number of hydrogen-bond donors (Lipinski definition) is 2. The van der Waals surface area contributed by atoms with Crippen LogP contribution in [0.1, 0.15) is 129 Å². The molecule has 0 fully saturated rings. The Morgan fingerprint density at radius 3 is 0.661 bits per heavy atom. The van der Waals surface area contributed by atoms with Crippen molar-refractivity contribution in [2.75, 3.05) is 0 Å². The summed E-state index contributed by atoms with van der Waals surface area (Å²) in [6.07, 6.45) is 3.16. The van der Waals surface area contributed by atoms with Crippen LogP contribution < -0.4 is 47.4 Å². The lowest BCUT2D eigenvalue weighted by Crippen LogP contribution is -2.33. The minimum Gasteiger partial charge on any atom is -0.508 e. The minimum absolute atomic E-state index is 0.00852. The van der Waals surface area contributed by atoms with Crippen LogP contribution in [0.2, 0.25) is 0 Å². The molecule has 0 amide bonds. The Morgan fingerprint density at radius 2 is 0.457 bits per heavy atom. The standard InChI is InChI=1S/C28H20O7.C26H16O7.C24H16O6.C23H14O6/c1-15(2)25(29)32-17-9-11-21-23(13-17)34-24-14-18(33-26(30)16(3)4)10-12-22(24)28(21)20-8-6-5-7-19(20)27(31)35-28;1-3-23(27)30-15-9-11-19-21(13-15)32-22-14-16(31-24(28)4-2)10-12-20(22)26(19)18-8-6-5-7-17(18)25(29)33-26;1-13(2)22(26)28-15-8-10-19-21(12-15)29-20-11-14(25)7-9-18(20)24(19)17-6-4-3-5-16(17)23(27)30-24;1-2-21(25)27-14-8-10-18-20(12-14)28-19-11-13(24)7-9-17(19)23(18)16-6-4-3-5-15(16)22(26)29-23/h5-14H,1,3H2,2,4H3;3-14H,1-2H2;3-12,25H,1H2,2H3;2-12,24H,1H2. The summed E-state index contributed by atoms with van der Waals surface area (Å²) in [5, 5.41) is 19.9. The average molecular weight is 1700 g/mol. The van der Waals surface area contributed by atoms with Gasteiger partial charge in [-0.1, -0.05) is 112 Å². The van der Waals surface area contributed by atoms with Gasteiger partial charge < -0.3 is 76.5 Å². The van der Waals surface area contributed by atoms with Crippen molar-refractivity contribution in [2.45, 2.75) is 43.2 Å². The molecule has 0 saturated carbocycles. The fraction of sp³-hybridized carbons (Fsp3) is 0.0693. The second-order valence-corrected chi connectivity index (χ2v) is 29.6. The van der Waals surface area contributed by atoms with Crippen molar-refractivity contribution in [3.05, 3.63) is 406 Å². The van der Waals surface area contributed by atoms with Crippen molar-refractivity contribution in [2.24, 2.45) is 0 Å². The number of fused-ring (bicyclic) bond motifs is 24. The molecule has 12 aromatic rings. The average Bonchev–Trinajstić information content (AvgIpc) is 1.61. The molecule has 0 aromatic heterocycles. The van der Waals surface area contributed by atoms with E-state index in [1.807, 2.05) is 48.5 Å². The molecule has 4 spiro atoms. The molecular weight excluding hydrogens is 1630 g/mol. The molecule has 26 nitrogen and oxygen atoms in total. The minimum atomic E-state index is -1.30. The lowest BCUT2D eigenvalue weighted by Gasteiger charge is -2.36. The molecule has 0 radical (unpaired) electrons. The zero-order valence-corrected chi connectivity index (χ0v) is 67.3. The van der Waals surface area contributed by atoms with Crippen LogP contribution in [0.25, 0.3) is 0 Å². The van der Waals surface area contributed by atoms with Crippen molar-refractivity contribution in [3.63, 3.8) is 0 Å². The number of hydrogen-bond acceptors (Lipinski definition) is 26. The first kappa shape index (κ1) is 81.9. The largest absolute Gasteiger partial charge is 0.508 e. The second kappa shape index (κ2) is 31.9. The number of phenolic OH excluding ortho intramolecular Hbond substituents is 2. The topological polar surface area (TPSA) is 340 Å². The van der Waals surface area contributed by atoms with Crippen molar-refractivity contribution >= 4 is 59.7 Å². The Bertz CT molecular complexity index is 6790. The number of carbonyl (C=O) groups excluding carboxylic acids is 10. The maximum absolute atomic E-state index is 12.9. The van der Waals surface area contributed by atoms with Crippen LogP contribution in [-0.4, -0.2) is 69.9 Å². The van der Waals surface area contributed by atoms with Gasteiger partial charge in [-0.25, -0.2) is 47.9 Å². The number of esters is 10. The fourth-order valence-corrected chi connectivity index (χ4v) is 16.0. The predicted molar refractivity (Wildman–Crippen MR) is 451 cm³/mol. The third-order valence-electron chi connectivity index (χ3n) is 21.5. The maximum atomic E-state index is 12.9. The number of ether oxygens (including phenoxy) is 14. The molecule has 0 saturated heterocycles. The summed E-state index contributed by atoms with van der Waals surface area (Å²) in [6.45, 7) is 25.6. The van der Waals surface area contributed by atoms with Gasteiger partial charge in [-0.15, -0.1) is 0 Å². The highest BCUT2D eigenvalue weighted by Crippen LogP contribution is 2.62. The number of benzene rings is 12. The predicted octanol–water partition coefficient (Wildman–Crippen LogP) is 18.1. The van der Waals surface area contributed by atoms with E-state index in [9.17, 15) is 58.2 Å². The highest BCUT2D eigenvalue weighted by Gasteiger charge is 2.58. The number of rotatable bonds is 12. The summed E-state index contributed by atoms with van der Waals surface area (Å²) in [4.78, 5) is 122. The van der Waals surface area contributed by atoms with Crippen LogP contribution in [0.4, 0.5) is 0 Å². The molecule has 626 valence electrons. The zero-order valence-electron chi connectivity index (χ0n) is 67.3. The van der Waals surface area contributed by atoms with Crippen molar-refractivity contribution in [1.82, 2.24) is 0 Å². The molecule has 127 heavy (non-hydrogen) atoms. The lowest BCUT2D eigenvalue weighted by molar-refractivity contribution is -0.130. The summed E-state index contributed by atoms with van der Waals surface area (Å²) in [5.74, 6) is -1.33. The Hall–Kier alpha value is -17.4. The van der Waals surface area contributed by atoms with Gasteiger partial charge in [-0.3, -0.25) is 0 Å². The molecule has 2 atom stereocenters. The molecule has 8 aliphatic rings. The zero-order chi connectivity index (χ0) is 89.3. The molecule has 8 heterocycles. The SMILES string of the molecule is C=C(C)C(=O)Oc1ccc2c(c1)Oc1cc(O)ccc1C21OC(=O)c2ccccc21.C=C(C)C(=O)Oc1ccc2c(c1)Oc1cc(OC(=O)C(=C)C)ccc1C21OC(=O)c2ccccc21.C=CC(=O)Oc1ccc2c(c1)Oc1cc(O)ccc1C21OC(=O)c2ccccc21.C=CC(=O)Oc1ccc2c(c1)Oc1cc(OC(=O)C=C)ccc1C21OC(=O)c2ccccc21.